The average Bonchev–Trinajstić information content (AvgIpc) is 2.70. The highest BCUT2D eigenvalue weighted by atomic mass is 16.5. The Morgan fingerprint density at radius 2 is 1.88 bits per heavy atom. The van der Waals surface area contributed by atoms with E-state index >= 15 is 0 Å². The molecule has 1 aromatic carbocycles. The van der Waals surface area contributed by atoms with Gasteiger partial charge in [-0.3, -0.25) is 4.79 Å². The molecule has 1 aliphatic rings. The summed E-state index contributed by atoms with van der Waals surface area (Å²) in [7, 11) is 0. The normalized spacial score (nSPS) is 16.0. The number of benzene rings is 1. The number of anilines is 1. The van der Waals surface area contributed by atoms with Crippen LogP contribution in [0.1, 0.15) is 57.4 Å². The molecule has 0 atom stereocenters. The van der Waals surface area contributed by atoms with Gasteiger partial charge in [-0.25, -0.2) is 4.98 Å². The number of aromatic nitrogens is 1. The van der Waals surface area contributed by atoms with Crippen LogP contribution in [0.25, 0.3) is 0 Å². The third kappa shape index (κ3) is 4.24. The molecule has 1 aromatic heterocycles. The lowest BCUT2D eigenvalue weighted by molar-refractivity contribution is -0.122. The standard InChI is InChI=1S/C22H28N2O2/c1-2-3-16-26-20-13-12-19(17-23-20)24-21(25)22(14-8-5-9-15-22)18-10-6-4-7-11-18/h4,6-7,10-13,17H,2-3,5,8-9,14-16H2,1H3,(H,24,25). The second-order valence-corrected chi connectivity index (χ2v) is 7.05. The Balaban J connectivity index is 1.72. The molecule has 0 unspecified atom stereocenters. The number of nitrogens with zero attached hydrogens (tertiary/aromatic N) is 1. The quantitative estimate of drug-likeness (QED) is 0.705. The number of ether oxygens (including phenoxy) is 1. The van der Waals surface area contributed by atoms with Crippen molar-refractivity contribution in [1.29, 1.82) is 0 Å². The largest absolute Gasteiger partial charge is 0.478 e. The summed E-state index contributed by atoms with van der Waals surface area (Å²) in [5, 5.41) is 3.09. The minimum absolute atomic E-state index is 0.0739. The molecule has 0 bridgehead atoms. The minimum Gasteiger partial charge on any atom is -0.478 e. The van der Waals surface area contributed by atoms with Crippen LogP contribution in [0, 0.1) is 0 Å². The van der Waals surface area contributed by atoms with Gasteiger partial charge in [-0.15, -0.1) is 0 Å². The van der Waals surface area contributed by atoms with Crippen molar-refractivity contribution < 1.29 is 9.53 Å². The minimum atomic E-state index is -0.435. The Morgan fingerprint density at radius 3 is 2.54 bits per heavy atom. The van der Waals surface area contributed by atoms with Crippen molar-refractivity contribution in [3.63, 3.8) is 0 Å². The van der Waals surface area contributed by atoms with E-state index in [2.05, 4.69) is 29.4 Å². The summed E-state index contributed by atoms with van der Waals surface area (Å²) < 4.78 is 5.59. The van der Waals surface area contributed by atoms with Crippen molar-refractivity contribution in [3.05, 3.63) is 54.2 Å². The predicted octanol–water partition coefficient (Wildman–Crippen LogP) is 5.10. The van der Waals surface area contributed by atoms with Gasteiger partial charge in [0.05, 0.1) is 23.9 Å². The van der Waals surface area contributed by atoms with Crippen LogP contribution in [0.15, 0.2) is 48.7 Å². The Labute approximate surface area is 156 Å². The first kappa shape index (κ1) is 18.4. The van der Waals surface area contributed by atoms with Crippen LogP contribution in [0.5, 0.6) is 5.88 Å². The van der Waals surface area contributed by atoms with Gasteiger partial charge < -0.3 is 10.1 Å². The fourth-order valence-electron chi connectivity index (χ4n) is 3.67. The Bertz CT molecular complexity index is 692. The van der Waals surface area contributed by atoms with Crippen molar-refractivity contribution in [2.45, 2.75) is 57.3 Å². The second kappa shape index (κ2) is 8.84. The number of unbranched alkanes of at least 4 members (excludes halogenated alkanes) is 1. The molecule has 3 rings (SSSR count). The molecular weight excluding hydrogens is 324 g/mol. The molecule has 0 aliphatic heterocycles. The smallest absolute Gasteiger partial charge is 0.235 e. The lowest BCUT2D eigenvalue weighted by Gasteiger charge is -2.36. The first-order chi connectivity index (χ1) is 12.7. The van der Waals surface area contributed by atoms with Gasteiger partial charge in [-0.05, 0) is 30.9 Å². The monoisotopic (exact) mass is 352 g/mol. The van der Waals surface area contributed by atoms with Crippen LogP contribution in [0.3, 0.4) is 0 Å². The molecule has 0 spiro atoms. The van der Waals surface area contributed by atoms with E-state index in [1.54, 1.807) is 6.20 Å². The maximum absolute atomic E-state index is 13.2. The van der Waals surface area contributed by atoms with Crippen LogP contribution in [-0.4, -0.2) is 17.5 Å². The summed E-state index contributed by atoms with van der Waals surface area (Å²) in [6.45, 7) is 2.80. The number of rotatable bonds is 7. The van der Waals surface area contributed by atoms with Gasteiger partial charge in [-0.2, -0.15) is 0 Å². The summed E-state index contributed by atoms with van der Waals surface area (Å²) in [6, 6.07) is 13.9. The van der Waals surface area contributed by atoms with E-state index in [1.807, 2.05) is 30.3 Å². The molecule has 1 fully saturated rings. The van der Waals surface area contributed by atoms with E-state index in [-0.39, 0.29) is 5.91 Å². The summed E-state index contributed by atoms with van der Waals surface area (Å²) >= 11 is 0. The van der Waals surface area contributed by atoms with Crippen LogP contribution < -0.4 is 10.1 Å². The van der Waals surface area contributed by atoms with E-state index in [0.717, 1.165) is 49.8 Å². The molecule has 4 heteroatoms. The first-order valence-corrected chi connectivity index (χ1v) is 9.70. The van der Waals surface area contributed by atoms with Gasteiger partial charge >= 0.3 is 0 Å². The zero-order chi connectivity index (χ0) is 18.2. The number of amides is 1. The van der Waals surface area contributed by atoms with Gasteiger partial charge in [0, 0.05) is 6.07 Å². The lowest BCUT2D eigenvalue weighted by Crippen LogP contribution is -2.42. The average molecular weight is 352 g/mol. The molecule has 0 radical (unpaired) electrons. The maximum atomic E-state index is 13.2. The Morgan fingerprint density at radius 1 is 1.12 bits per heavy atom. The number of carbonyl (C=O) groups is 1. The summed E-state index contributed by atoms with van der Waals surface area (Å²) in [6.07, 6.45) is 8.96. The lowest BCUT2D eigenvalue weighted by atomic mass is 9.68. The van der Waals surface area contributed by atoms with E-state index < -0.39 is 5.41 Å². The third-order valence-electron chi connectivity index (χ3n) is 5.21. The third-order valence-corrected chi connectivity index (χ3v) is 5.21. The number of nitrogens with one attached hydrogen (secondary N) is 1. The first-order valence-electron chi connectivity index (χ1n) is 9.70. The number of carbonyl (C=O) groups excluding carboxylic acids is 1. The molecule has 1 aliphatic carbocycles. The van der Waals surface area contributed by atoms with Crippen molar-refractivity contribution in [3.8, 4) is 5.88 Å². The van der Waals surface area contributed by atoms with Crippen molar-refractivity contribution in [2.75, 3.05) is 11.9 Å². The highest BCUT2D eigenvalue weighted by molar-refractivity contribution is 5.99. The molecule has 26 heavy (non-hydrogen) atoms. The molecule has 1 saturated carbocycles. The highest BCUT2D eigenvalue weighted by Crippen LogP contribution is 2.40. The molecule has 138 valence electrons. The van der Waals surface area contributed by atoms with Crippen molar-refractivity contribution in [2.24, 2.45) is 0 Å². The van der Waals surface area contributed by atoms with E-state index in [9.17, 15) is 4.79 Å². The fraction of sp³-hybridized carbons (Fsp3) is 0.455. The van der Waals surface area contributed by atoms with Gasteiger partial charge in [0.15, 0.2) is 0 Å². The zero-order valence-electron chi connectivity index (χ0n) is 15.5. The summed E-state index contributed by atoms with van der Waals surface area (Å²) in [5.41, 5.74) is 1.40. The number of hydrogen-bond acceptors (Lipinski definition) is 3. The topological polar surface area (TPSA) is 51.2 Å². The van der Waals surface area contributed by atoms with E-state index in [1.165, 1.54) is 6.42 Å². The summed E-state index contributed by atoms with van der Waals surface area (Å²) in [5.74, 6) is 0.678. The zero-order valence-corrected chi connectivity index (χ0v) is 15.5. The second-order valence-electron chi connectivity index (χ2n) is 7.05. The van der Waals surface area contributed by atoms with Gasteiger partial charge in [0.2, 0.25) is 11.8 Å². The van der Waals surface area contributed by atoms with Gasteiger partial charge in [0.25, 0.3) is 0 Å². The number of pyridine rings is 1. The summed E-state index contributed by atoms with van der Waals surface area (Å²) in [4.78, 5) is 17.5. The Hall–Kier alpha value is -2.36. The highest BCUT2D eigenvalue weighted by Gasteiger charge is 2.41. The van der Waals surface area contributed by atoms with Crippen molar-refractivity contribution >= 4 is 11.6 Å². The van der Waals surface area contributed by atoms with Crippen LogP contribution in [0.2, 0.25) is 0 Å². The van der Waals surface area contributed by atoms with Crippen LogP contribution in [0.4, 0.5) is 5.69 Å². The van der Waals surface area contributed by atoms with Crippen LogP contribution >= 0.6 is 0 Å². The molecule has 0 saturated heterocycles. The van der Waals surface area contributed by atoms with Crippen molar-refractivity contribution in [1.82, 2.24) is 4.98 Å². The Kier molecular flexibility index (Phi) is 6.26. The molecule has 1 heterocycles. The predicted molar refractivity (Wildman–Crippen MR) is 104 cm³/mol. The SMILES string of the molecule is CCCCOc1ccc(NC(=O)C2(c3ccccc3)CCCCC2)cn1. The molecule has 1 amide bonds. The molecule has 1 N–H and O–H groups in total. The molecule has 4 nitrogen and oxygen atoms in total. The van der Waals surface area contributed by atoms with E-state index in [0.29, 0.717) is 12.5 Å². The number of hydrogen-bond donors (Lipinski definition) is 1. The van der Waals surface area contributed by atoms with Gasteiger partial charge in [0.1, 0.15) is 0 Å². The fourth-order valence-corrected chi connectivity index (χ4v) is 3.67. The van der Waals surface area contributed by atoms with E-state index in [4.69, 9.17) is 4.74 Å². The van der Waals surface area contributed by atoms with Crippen LogP contribution in [-0.2, 0) is 10.2 Å². The molecular formula is C22H28N2O2. The maximum Gasteiger partial charge on any atom is 0.235 e. The van der Waals surface area contributed by atoms with Gasteiger partial charge in [-0.1, -0.05) is 62.9 Å². The molecule has 2 aromatic rings.